The van der Waals surface area contributed by atoms with Crippen molar-refractivity contribution in [3.05, 3.63) is 35.1 Å². The number of Topliss-reactive ketones (excluding diaryl/α,β-unsaturated/α-hetero) is 1. The van der Waals surface area contributed by atoms with Crippen molar-refractivity contribution in [3.8, 4) is 0 Å². The van der Waals surface area contributed by atoms with Gasteiger partial charge in [-0.1, -0.05) is 24.6 Å². The van der Waals surface area contributed by atoms with Crippen LogP contribution in [0.3, 0.4) is 0 Å². The van der Waals surface area contributed by atoms with Crippen LogP contribution in [0.15, 0.2) is 18.2 Å². The number of hydrogen-bond donors (Lipinski definition) is 1. The Hall–Kier alpha value is -1.22. The van der Waals surface area contributed by atoms with Crippen LogP contribution in [0.4, 0.5) is 4.39 Å². The summed E-state index contributed by atoms with van der Waals surface area (Å²) in [6.07, 6.45) is 2.76. The van der Waals surface area contributed by atoms with E-state index in [0.717, 1.165) is 12.8 Å². The Kier molecular flexibility index (Phi) is 2.80. The van der Waals surface area contributed by atoms with Gasteiger partial charge in [-0.25, -0.2) is 4.39 Å². The minimum Gasteiger partial charge on any atom is -0.315 e. The van der Waals surface area contributed by atoms with Gasteiger partial charge in [0.25, 0.3) is 0 Å². The van der Waals surface area contributed by atoms with Gasteiger partial charge in [0, 0.05) is 12.0 Å². The average Bonchev–Trinajstić information content (AvgIpc) is 2.26. The molecule has 1 aliphatic rings. The summed E-state index contributed by atoms with van der Waals surface area (Å²) in [5.41, 5.74) is 5.90. The van der Waals surface area contributed by atoms with Gasteiger partial charge in [0.1, 0.15) is 11.4 Å². The van der Waals surface area contributed by atoms with Crippen LogP contribution in [0.25, 0.3) is 0 Å². The van der Waals surface area contributed by atoms with Crippen molar-refractivity contribution in [2.24, 2.45) is 5.73 Å². The molecular formula is C13H16FNO. The van der Waals surface area contributed by atoms with Crippen LogP contribution < -0.4 is 5.73 Å². The highest BCUT2D eigenvalue weighted by Crippen LogP contribution is 2.34. The van der Waals surface area contributed by atoms with E-state index in [1.54, 1.807) is 25.1 Å². The maximum absolute atomic E-state index is 14.0. The molecule has 0 amide bonds. The first-order chi connectivity index (χ1) is 7.55. The number of aryl methyl sites for hydroxylation is 1. The topological polar surface area (TPSA) is 43.1 Å². The summed E-state index contributed by atoms with van der Waals surface area (Å²) in [6, 6.07) is 5.07. The third-order valence-corrected chi connectivity index (χ3v) is 3.39. The van der Waals surface area contributed by atoms with Crippen molar-refractivity contribution in [1.82, 2.24) is 0 Å². The minimum absolute atomic E-state index is 0.0387. The monoisotopic (exact) mass is 221 g/mol. The van der Waals surface area contributed by atoms with Crippen molar-refractivity contribution >= 4 is 5.78 Å². The molecule has 86 valence electrons. The predicted molar refractivity (Wildman–Crippen MR) is 60.5 cm³/mol. The lowest BCUT2D eigenvalue weighted by atomic mass is 9.76. The van der Waals surface area contributed by atoms with E-state index >= 15 is 0 Å². The van der Waals surface area contributed by atoms with Crippen LogP contribution in [0, 0.1) is 12.7 Å². The van der Waals surface area contributed by atoms with Crippen LogP contribution in [0.5, 0.6) is 0 Å². The van der Waals surface area contributed by atoms with Crippen molar-refractivity contribution in [2.75, 3.05) is 0 Å². The SMILES string of the molecule is Cc1cccc([C@@]2(N)CCCCC2=O)c1F. The number of benzene rings is 1. The largest absolute Gasteiger partial charge is 0.315 e. The summed E-state index contributed by atoms with van der Waals surface area (Å²) >= 11 is 0. The van der Waals surface area contributed by atoms with E-state index in [4.69, 9.17) is 5.73 Å². The fourth-order valence-electron chi connectivity index (χ4n) is 2.33. The molecule has 2 nitrogen and oxygen atoms in total. The van der Waals surface area contributed by atoms with Crippen LogP contribution in [0.1, 0.15) is 36.8 Å². The van der Waals surface area contributed by atoms with E-state index in [9.17, 15) is 9.18 Å². The zero-order valence-corrected chi connectivity index (χ0v) is 9.42. The summed E-state index contributed by atoms with van der Waals surface area (Å²) in [4.78, 5) is 11.9. The van der Waals surface area contributed by atoms with Crippen molar-refractivity contribution in [2.45, 2.75) is 38.1 Å². The first kappa shape index (κ1) is 11.3. The molecule has 0 radical (unpaired) electrons. The lowest BCUT2D eigenvalue weighted by Gasteiger charge is -2.32. The lowest BCUT2D eigenvalue weighted by Crippen LogP contribution is -2.47. The van der Waals surface area contributed by atoms with Gasteiger partial charge in [0.2, 0.25) is 0 Å². The molecule has 1 aliphatic carbocycles. The van der Waals surface area contributed by atoms with Gasteiger partial charge in [-0.3, -0.25) is 4.79 Å². The summed E-state index contributed by atoms with van der Waals surface area (Å²) in [6.45, 7) is 1.69. The van der Waals surface area contributed by atoms with Gasteiger partial charge >= 0.3 is 0 Å². The van der Waals surface area contributed by atoms with Gasteiger partial charge in [-0.15, -0.1) is 0 Å². The Balaban J connectivity index is 2.49. The van der Waals surface area contributed by atoms with E-state index < -0.39 is 5.54 Å². The van der Waals surface area contributed by atoms with E-state index in [2.05, 4.69) is 0 Å². The van der Waals surface area contributed by atoms with Crippen LogP contribution in [-0.2, 0) is 10.3 Å². The predicted octanol–water partition coefficient (Wildman–Crippen LogP) is 2.43. The molecule has 1 aromatic rings. The van der Waals surface area contributed by atoms with E-state index in [-0.39, 0.29) is 11.6 Å². The molecule has 2 N–H and O–H groups in total. The minimum atomic E-state index is -1.10. The lowest BCUT2D eigenvalue weighted by molar-refractivity contribution is -0.126. The molecule has 1 saturated carbocycles. The molecule has 16 heavy (non-hydrogen) atoms. The Morgan fingerprint density at radius 1 is 1.38 bits per heavy atom. The molecule has 1 atom stereocenters. The van der Waals surface area contributed by atoms with Gasteiger partial charge in [0.15, 0.2) is 5.78 Å². The van der Waals surface area contributed by atoms with E-state index in [1.165, 1.54) is 0 Å². The molecule has 2 rings (SSSR count). The van der Waals surface area contributed by atoms with Gasteiger partial charge in [0.05, 0.1) is 0 Å². The van der Waals surface area contributed by atoms with Gasteiger partial charge < -0.3 is 5.73 Å². The molecule has 0 unspecified atom stereocenters. The molecular weight excluding hydrogens is 205 g/mol. The summed E-state index contributed by atoms with van der Waals surface area (Å²) in [5.74, 6) is -0.372. The normalized spacial score (nSPS) is 25.8. The standard InChI is InChI=1S/C13H16FNO/c1-9-5-4-6-10(12(9)14)13(15)8-3-2-7-11(13)16/h4-6H,2-3,7-8,15H2,1H3/t13-/m0/s1. The Morgan fingerprint density at radius 3 is 2.81 bits per heavy atom. The van der Waals surface area contributed by atoms with Gasteiger partial charge in [-0.2, -0.15) is 0 Å². The zero-order chi connectivity index (χ0) is 11.8. The smallest absolute Gasteiger partial charge is 0.157 e. The fourth-order valence-corrected chi connectivity index (χ4v) is 2.33. The number of rotatable bonds is 1. The molecule has 0 saturated heterocycles. The Labute approximate surface area is 94.6 Å². The van der Waals surface area contributed by atoms with Crippen LogP contribution in [-0.4, -0.2) is 5.78 Å². The number of nitrogens with two attached hydrogens (primary N) is 1. The van der Waals surface area contributed by atoms with E-state index in [1.807, 2.05) is 0 Å². The number of carbonyl (C=O) groups excluding carboxylic acids is 1. The molecule has 0 bridgehead atoms. The molecule has 0 aromatic heterocycles. The maximum Gasteiger partial charge on any atom is 0.157 e. The Morgan fingerprint density at radius 2 is 2.12 bits per heavy atom. The number of carbonyl (C=O) groups is 1. The maximum atomic E-state index is 14.0. The molecule has 0 spiro atoms. The van der Waals surface area contributed by atoms with Crippen LogP contribution >= 0.6 is 0 Å². The molecule has 1 fully saturated rings. The highest BCUT2D eigenvalue weighted by atomic mass is 19.1. The number of hydrogen-bond acceptors (Lipinski definition) is 2. The highest BCUT2D eigenvalue weighted by Gasteiger charge is 2.39. The summed E-state index contributed by atoms with van der Waals surface area (Å²) < 4.78 is 14.0. The Bertz CT molecular complexity index is 430. The fraction of sp³-hybridized carbons (Fsp3) is 0.462. The first-order valence-electron chi connectivity index (χ1n) is 5.63. The van der Waals surface area contributed by atoms with Crippen molar-refractivity contribution in [1.29, 1.82) is 0 Å². The molecule has 0 heterocycles. The average molecular weight is 221 g/mol. The van der Waals surface area contributed by atoms with Gasteiger partial charge in [-0.05, 0) is 25.3 Å². The molecule has 1 aromatic carbocycles. The summed E-state index contributed by atoms with van der Waals surface area (Å²) in [5, 5.41) is 0. The number of ketones is 1. The second-order valence-corrected chi connectivity index (χ2v) is 4.54. The van der Waals surface area contributed by atoms with E-state index in [0.29, 0.717) is 24.0 Å². The zero-order valence-electron chi connectivity index (χ0n) is 9.42. The molecule has 0 aliphatic heterocycles. The van der Waals surface area contributed by atoms with Crippen molar-refractivity contribution in [3.63, 3.8) is 0 Å². The van der Waals surface area contributed by atoms with Crippen molar-refractivity contribution < 1.29 is 9.18 Å². The second-order valence-electron chi connectivity index (χ2n) is 4.54. The highest BCUT2D eigenvalue weighted by molar-refractivity contribution is 5.90. The second kappa shape index (κ2) is 3.98. The first-order valence-corrected chi connectivity index (χ1v) is 5.63. The summed E-state index contributed by atoms with van der Waals surface area (Å²) in [7, 11) is 0. The molecule has 3 heteroatoms. The number of halogens is 1. The van der Waals surface area contributed by atoms with Crippen LogP contribution in [0.2, 0.25) is 0 Å². The third-order valence-electron chi connectivity index (χ3n) is 3.39. The third kappa shape index (κ3) is 1.65. The quantitative estimate of drug-likeness (QED) is 0.791.